The molecule has 3 nitrogen and oxygen atoms in total. The maximum absolute atomic E-state index is 12.0. The van der Waals surface area contributed by atoms with Gasteiger partial charge in [0.1, 0.15) is 5.54 Å². The summed E-state index contributed by atoms with van der Waals surface area (Å²) in [5.41, 5.74) is -0.409. The predicted octanol–water partition coefficient (Wildman–Crippen LogP) is 1.96. The zero-order valence-electron chi connectivity index (χ0n) is 10.1. The molecule has 0 radical (unpaired) electrons. The lowest BCUT2D eigenvalue weighted by Gasteiger charge is -2.30. The number of nitrogens with one attached hydrogen (secondary N) is 1. The topological polar surface area (TPSA) is 38.3 Å². The third-order valence-electron chi connectivity index (χ3n) is 3.66. The zero-order chi connectivity index (χ0) is 11.6. The Hall–Kier alpha value is -0.220. The van der Waals surface area contributed by atoms with Gasteiger partial charge in [0.2, 0.25) is 0 Å². The molecule has 1 N–H and O–H groups in total. The van der Waals surface area contributed by atoms with E-state index in [1.807, 2.05) is 11.8 Å². The van der Waals surface area contributed by atoms with E-state index in [1.165, 1.54) is 32.8 Å². The van der Waals surface area contributed by atoms with Crippen LogP contribution in [0.3, 0.4) is 0 Å². The summed E-state index contributed by atoms with van der Waals surface area (Å²) in [6.45, 7) is 2.19. The van der Waals surface area contributed by atoms with Crippen LogP contribution in [0.1, 0.15) is 39.0 Å². The number of esters is 1. The second-order valence-corrected chi connectivity index (χ2v) is 6.45. The van der Waals surface area contributed by atoms with Gasteiger partial charge >= 0.3 is 5.97 Å². The van der Waals surface area contributed by atoms with Crippen molar-refractivity contribution in [1.29, 1.82) is 0 Å². The molecule has 2 fully saturated rings. The van der Waals surface area contributed by atoms with E-state index in [0.717, 1.165) is 12.2 Å². The molecule has 2 rings (SSSR count). The van der Waals surface area contributed by atoms with E-state index in [2.05, 4.69) is 12.2 Å². The van der Waals surface area contributed by atoms with Gasteiger partial charge in [-0.15, -0.1) is 0 Å². The first-order chi connectivity index (χ1) is 7.66. The van der Waals surface area contributed by atoms with Crippen molar-refractivity contribution < 1.29 is 9.53 Å². The average Bonchev–Trinajstić information content (AvgIpc) is 2.89. The predicted molar refractivity (Wildman–Crippen MR) is 66.7 cm³/mol. The highest BCUT2D eigenvalue weighted by atomic mass is 32.2. The third kappa shape index (κ3) is 2.38. The van der Waals surface area contributed by atoms with Gasteiger partial charge in [-0.25, -0.2) is 0 Å². The summed E-state index contributed by atoms with van der Waals surface area (Å²) in [6, 6.07) is 0.519. The number of hydrogen-bond acceptors (Lipinski definition) is 4. The maximum atomic E-state index is 12.0. The molecular weight excluding hydrogens is 222 g/mol. The van der Waals surface area contributed by atoms with Crippen molar-refractivity contribution in [3.63, 3.8) is 0 Å². The van der Waals surface area contributed by atoms with Gasteiger partial charge in [0.05, 0.1) is 7.11 Å². The molecule has 16 heavy (non-hydrogen) atoms. The van der Waals surface area contributed by atoms with Gasteiger partial charge in [0.15, 0.2) is 0 Å². The Balaban J connectivity index is 2.05. The van der Waals surface area contributed by atoms with Crippen molar-refractivity contribution in [2.45, 2.75) is 55.9 Å². The van der Waals surface area contributed by atoms with E-state index in [9.17, 15) is 4.79 Å². The van der Waals surface area contributed by atoms with Gasteiger partial charge in [-0.1, -0.05) is 19.8 Å². The molecule has 1 saturated heterocycles. The van der Waals surface area contributed by atoms with Crippen LogP contribution in [0.25, 0.3) is 0 Å². The monoisotopic (exact) mass is 243 g/mol. The van der Waals surface area contributed by atoms with E-state index in [-0.39, 0.29) is 5.97 Å². The van der Waals surface area contributed by atoms with E-state index in [4.69, 9.17) is 4.74 Å². The second-order valence-electron chi connectivity index (χ2n) is 5.03. The molecule has 0 spiro atoms. The molecule has 2 aliphatic rings. The van der Waals surface area contributed by atoms with Gasteiger partial charge in [-0.05, 0) is 19.3 Å². The zero-order valence-corrected chi connectivity index (χ0v) is 10.9. The van der Waals surface area contributed by atoms with Gasteiger partial charge < -0.3 is 4.74 Å². The molecule has 92 valence electrons. The van der Waals surface area contributed by atoms with Crippen LogP contribution in [0.4, 0.5) is 0 Å². The Morgan fingerprint density at radius 2 is 2.12 bits per heavy atom. The highest BCUT2D eigenvalue weighted by Gasteiger charge is 2.46. The summed E-state index contributed by atoms with van der Waals surface area (Å²) in [6.07, 6.45) is 5.89. The minimum Gasteiger partial charge on any atom is -0.468 e. The molecule has 1 saturated carbocycles. The first-order valence-corrected chi connectivity index (χ1v) is 7.19. The first-order valence-electron chi connectivity index (χ1n) is 6.14. The van der Waals surface area contributed by atoms with Crippen LogP contribution in [0.5, 0.6) is 0 Å². The van der Waals surface area contributed by atoms with Gasteiger partial charge in [0, 0.05) is 17.0 Å². The van der Waals surface area contributed by atoms with E-state index >= 15 is 0 Å². The number of rotatable bonds is 3. The first kappa shape index (κ1) is 12.2. The molecule has 0 aromatic heterocycles. The summed E-state index contributed by atoms with van der Waals surface area (Å²) >= 11 is 1.87. The van der Waals surface area contributed by atoms with Crippen molar-refractivity contribution in [3.05, 3.63) is 0 Å². The van der Waals surface area contributed by atoms with Crippen LogP contribution >= 0.6 is 11.8 Å². The summed E-state index contributed by atoms with van der Waals surface area (Å²) in [5, 5.41) is 4.13. The lowest BCUT2D eigenvalue weighted by atomic mass is 9.94. The Bertz CT molecular complexity index is 266. The Labute approximate surface area is 102 Å². The van der Waals surface area contributed by atoms with Crippen molar-refractivity contribution >= 4 is 17.7 Å². The summed E-state index contributed by atoms with van der Waals surface area (Å²) in [7, 11) is 1.49. The lowest BCUT2D eigenvalue weighted by Crippen LogP contribution is -2.56. The van der Waals surface area contributed by atoms with Crippen molar-refractivity contribution in [1.82, 2.24) is 5.32 Å². The van der Waals surface area contributed by atoms with Crippen LogP contribution in [-0.4, -0.2) is 35.7 Å². The number of hydrogen-bond donors (Lipinski definition) is 1. The Morgan fingerprint density at radius 1 is 1.44 bits per heavy atom. The van der Waals surface area contributed by atoms with Crippen LogP contribution in [0.15, 0.2) is 0 Å². The molecule has 2 unspecified atom stereocenters. The molecule has 0 bridgehead atoms. The number of methoxy groups -OCH3 is 1. The van der Waals surface area contributed by atoms with Gasteiger partial charge in [-0.3, -0.25) is 10.1 Å². The lowest BCUT2D eigenvalue weighted by molar-refractivity contribution is -0.148. The Kier molecular flexibility index (Phi) is 3.80. The van der Waals surface area contributed by atoms with Crippen molar-refractivity contribution in [2.24, 2.45) is 0 Å². The number of carbonyl (C=O) groups excluding carboxylic acids is 1. The molecule has 2 atom stereocenters. The summed E-state index contributed by atoms with van der Waals surface area (Å²) < 4.78 is 4.98. The standard InChI is InChI=1S/C12H21NO2S/c1-9-7-12(8-16-9,11(14)15-2)13-10-5-3-4-6-10/h9-10,13H,3-8H2,1-2H3. The quantitative estimate of drug-likeness (QED) is 0.769. The summed E-state index contributed by atoms with van der Waals surface area (Å²) in [5.74, 6) is 0.786. The largest absolute Gasteiger partial charge is 0.468 e. The molecule has 0 amide bonds. The molecule has 0 aromatic rings. The Morgan fingerprint density at radius 3 is 2.62 bits per heavy atom. The van der Waals surface area contributed by atoms with Gasteiger partial charge in [0.25, 0.3) is 0 Å². The molecule has 1 aliphatic carbocycles. The average molecular weight is 243 g/mol. The minimum absolute atomic E-state index is 0.0729. The number of carbonyl (C=O) groups is 1. The van der Waals surface area contributed by atoms with Crippen molar-refractivity contribution in [2.75, 3.05) is 12.9 Å². The fraction of sp³-hybridized carbons (Fsp3) is 0.917. The third-order valence-corrected chi connectivity index (χ3v) is 5.06. The summed E-state index contributed by atoms with van der Waals surface area (Å²) in [4.78, 5) is 12.0. The van der Waals surface area contributed by atoms with E-state index in [0.29, 0.717) is 11.3 Å². The normalized spacial score (nSPS) is 35.5. The van der Waals surface area contributed by atoms with E-state index in [1.54, 1.807) is 0 Å². The maximum Gasteiger partial charge on any atom is 0.326 e. The molecule has 1 aliphatic heterocycles. The fourth-order valence-electron chi connectivity index (χ4n) is 2.85. The second kappa shape index (κ2) is 4.96. The smallest absolute Gasteiger partial charge is 0.326 e. The van der Waals surface area contributed by atoms with Crippen molar-refractivity contribution in [3.8, 4) is 0 Å². The minimum atomic E-state index is -0.409. The molecular formula is C12H21NO2S. The van der Waals surface area contributed by atoms with Crippen LogP contribution in [0.2, 0.25) is 0 Å². The van der Waals surface area contributed by atoms with Crippen LogP contribution < -0.4 is 5.32 Å². The van der Waals surface area contributed by atoms with Gasteiger partial charge in [-0.2, -0.15) is 11.8 Å². The van der Waals surface area contributed by atoms with E-state index < -0.39 is 5.54 Å². The van der Waals surface area contributed by atoms with Crippen LogP contribution in [-0.2, 0) is 9.53 Å². The fourth-order valence-corrected chi connectivity index (χ4v) is 4.14. The SMILES string of the molecule is COC(=O)C1(NC2CCCC2)CSC(C)C1. The molecule has 0 aromatic carbocycles. The highest BCUT2D eigenvalue weighted by molar-refractivity contribution is 8.00. The van der Waals surface area contributed by atoms with Crippen LogP contribution in [0, 0.1) is 0 Å². The number of ether oxygens (including phenoxy) is 1. The molecule has 4 heteroatoms. The highest BCUT2D eigenvalue weighted by Crippen LogP contribution is 2.36. The molecule has 1 heterocycles. The number of thioether (sulfide) groups is 1.